The van der Waals surface area contributed by atoms with Gasteiger partial charge in [-0.1, -0.05) is 56.1 Å². The summed E-state index contributed by atoms with van der Waals surface area (Å²) in [6.45, 7) is 0. The minimum absolute atomic E-state index is 0.254. The molecule has 0 amide bonds. The van der Waals surface area contributed by atoms with Gasteiger partial charge < -0.3 is 5.73 Å². The number of nitrogens with zero attached hydrogens (tertiary/aromatic N) is 2. The second-order valence-corrected chi connectivity index (χ2v) is 6.42. The zero-order chi connectivity index (χ0) is 14.8. The highest BCUT2D eigenvalue weighted by atomic mass is 79.9. The lowest BCUT2D eigenvalue weighted by atomic mass is 10.0. The highest BCUT2D eigenvalue weighted by Gasteiger charge is 2.17. The first-order valence-corrected chi connectivity index (χ1v) is 8.05. The predicted octanol–water partition coefficient (Wildman–Crippen LogP) is 4.45. The lowest BCUT2D eigenvalue weighted by Crippen LogP contribution is -2.17. The van der Waals surface area contributed by atoms with E-state index in [4.69, 9.17) is 5.73 Å². The minimum atomic E-state index is -0.254. The van der Waals surface area contributed by atoms with Crippen LogP contribution in [0.5, 0.6) is 0 Å². The van der Waals surface area contributed by atoms with E-state index >= 15 is 0 Å². The van der Waals surface area contributed by atoms with Crippen LogP contribution in [0.2, 0.25) is 0 Å². The summed E-state index contributed by atoms with van der Waals surface area (Å²) in [5.74, 6) is 0. The van der Waals surface area contributed by atoms with E-state index in [2.05, 4.69) is 37.0 Å². The molecule has 5 heteroatoms. The third kappa shape index (κ3) is 2.95. The smallest absolute Gasteiger partial charge is 0.0738 e. The molecule has 0 bridgehead atoms. The largest absolute Gasteiger partial charge is 0.319 e. The van der Waals surface area contributed by atoms with Crippen molar-refractivity contribution < 1.29 is 0 Å². The quantitative estimate of drug-likeness (QED) is 0.698. The Morgan fingerprint density at radius 2 is 1.76 bits per heavy atom. The van der Waals surface area contributed by atoms with Gasteiger partial charge in [0.15, 0.2) is 0 Å². The molecule has 0 spiro atoms. The van der Waals surface area contributed by atoms with Gasteiger partial charge in [0.05, 0.1) is 17.4 Å². The van der Waals surface area contributed by atoms with Crippen molar-refractivity contribution >= 4 is 31.9 Å². The minimum Gasteiger partial charge on any atom is -0.319 e. The van der Waals surface area contributed by atoms with Crippen LogP contribution in [0.3, 0.4) is 0 Å². The monoisotopic (exact) mass is 405 g/mol. The van der Waals surface area contributed by atoms with Crippen molar-refractivity contribution in [1.82, 2.24) is 9.78 Å². The molecule has 1 atom stereocenters. The molecule has 0 fully saturated rings. The zero-order valence-electron chi connectivity index (χ0n) is 11.1. The maximum Gasteiger partial charge on any atom is 0.0738 e. The van der Waals surface area contributed by atoms with Crippen LogP contribution in [0.4, 0.5) is 0 Å². The van der Waals surface area contributed by atoms with Crippen molar-refractivity contribution in [3.8, 4) is 5.69 Å². The lowest BCUT2D eigenvalue weighted by molar-refractivity contribution is 0.737. The van der Waals surface area contributed by atoms with Gasteiger partial charge in [-0.2, -0.15) is 5.10 Å². The Morgan fingerprint density at radius 1 is 1.00 bits per heavy atom. The third-order valence-corrected chi connectivity index (χ3v) is 4.47. The summed E-state index contributed by atoms with van der Waals surface area (Å²) in [6.07, 6.45) is 1.77. The summed E-state index contributed by atoms with van der Waals surface area (Å²) in [7, 11) is 0. The van der Waals surface area contributed by atoms with Crippen LogP contribution in [-0.2, 0) is 0 Å². The first kappa shape index (κ1) is 14.5. The van der Waals surface area contributed by atoms with Crippen molar-refractivity contribution in [2.75, 3.05) is 0 Å². The van der Waals surface area contributed by atoms with Crippen LogP contribution in [0, 0.1) is 0 Å². The maximum absolute atomic E-state index is 6.44. The molecule has 1 heterocycles. The lowest BCUT2D eigenvalue weighted by Gasteiger charge is -2.16. The number of rotatable bonds is 3. The van der Waals surface area contributed by atoms with Crippen LogP contribution in [0.25, 0.3) is 5.69 Å². The zero-order valence-corrected chi connectivity index (χ0v) is 14.3. The average Bonchev–Trinajstić information content (AvgIpc) is 2.97. The summed E-state index contributed by atoms with van der Waals surface area (Å²) >= 11 is 7.03. The Balaban J connectivity index is 2.03. The molecule has 3 nitrogen and oxygen atoms in total. The molecule has 3 rings (SSSR count). The highest BCUT2D eigenvalue weighted by molar-refractivity contribution is 9.11. The number of aromatic nitrogens is 2. The molecule has 1 unspecified atom stereocenters. The number of benzene rings is 2. The number of hydrogen-bond donors (Lipinski definition) is 1. The topological polar surface area (TPSA) is 43.8 Å². The Labute approximate surface area is 140 Å². The van der Waals surface area contributed by atoms with E-state index in [9.17, 15) is 0 Å². The van der Waals surface area contributed by atoms with Gasteiger partial charge in [-0.3, -0.25) is 0 Å². The van der Waals surface area contributed by atoms with E-state index in [0.29, 0.717) is 0 Å². The fourth-order valence-corrected chi connectivity index (χ4v) is 3.54. The molecular formula is C16H13Br2N3. The van der Waals surface area contributed by atoms with Crippen molar-refractivity contribution in [3.05, 3.63) is 81.0 Å². The predicted molar refractivity (Wildman–Crippen MR) is 91.4 cm³/mol. The average molecular weight is 407 g/mol. The molecule has 0 aliphatic heterocycles. The summed E-state index contributed by atoms with van der Waals surface area (Å²) in [4.78, 5) is 0. The molecule has 0 aliphatic rings. The fourth-order valence-electron chi connectivity index (χ4n) is 2.25. The van der Waals surface area contributed by atoms with Crippen LogP contribution in [-0.4, -0.2) is 9.78 Å². The van der Waals surface area contributed by atoms with E-state index in [1.807, 2.05) is 59.3 Å². The highest BCUT2D eigenvalue weighted by Crippen LogP contribution is 2.30. The van der Waals surface area contributed by atoms with Crippen molar-refractivity contribution in [1.29, 1.82) is 0 Å². The van der Waals surface area contributed by atoms with Crippen LogP contribution in [0.15, 0.2) is 69.7 Å². The van der Waals surface area contributed by atoms with Gasteiger partial charge in [0.1, 0.15) is 0 Å². The van der Waals surface area contributed by atoms with Gasteiger partial charge in [-0.05, 0) is 35.9 Å². The van der Waals surface area contributed by atoms with Crippen LogP contribution < -0.4 is 5.73 Å². The number of hydrogen-bond acceptors (Lipinski definition) is 2. The van der Waals surface area contributed by atoms with Gasteiger partial charge in [0.25, 0.3) is 0 Å². The second kappa shape index (κ2) is 6.13. The van der Waals surface area contributed by atoms with E-state index in [1.54, 1.807) is 6.20 Å². The Morgan fingerprint density at radius 3 is 2.48 bits per heavy atom. The van der Waals surface area contributed by atoms with Gasteiger partial charge in [0, 0.05) is 15.1 Å². The van der Waals surface area contributed by atoms with E-state index in [0.717, 1.165) is 25.9 Å². The molecule has 0 radical (unpaired) electrons. The first-order valence-electron chi connectivity index (χ1n) is 6.46. The van der Waals surface area contributed by atoms with Gasteiger partial charge >= 0.3 is 0 Å². The number of para-hydroxylation sites is 1. The molecule has 21 heavy (non-hydrogen) atoms. The Hall–Kier alpha value is -1.43. The standard InChI is InChI=1S/C16H13Br2N3/c17-11-6-7-13(14(18)10-11)16(19)15-8-9-20-21(15)12-4-2-1-3-5-12/h1-10,16H,19H2. The second-order valence-electron chi connectivity index (χ2n) is 4.65. The molecule has 2 N–H and O–H groups in total. The van der Waals surface area contributed by atoms with Crippen molar-refractivity contribution in [2.45, 2.75) is 6.04 Å². The summed E-state index contributed by atoms with van der Waals surface area (Å²) in [5.41, 5.74) is 9.42. The molecule has 3 aromatic rings. The normalized spacial score (nSPS) is 12.3. The molecule has 106 valence electrons. The number of nitrogens with two attached hydrogens (primary N) is 1. The SMILES string of the molecule is NC(c1ccc(Br)cc1Br)c1ccnn1-c1ccccc1. The number of halogens is 2. The van der Waals surface area contributed by atoms with Gasteiger partial charge in [-0.15, -0.1) is 0 Å². The van der Waals surface area contributed by atoms with E-state index < -0.39 is 0 Å². The molecule has 0 saturated carbocycles. The van der Waals surface area contributed by atoms with E-state index in [-0.39, 0.29) is 6.04 Å². The first-order chi connectivity index (χ1) is 10.2. The third-order valence-electron chi connectivity index (χ3n) is 3.29. The molecular weight excluding hydrogens is 394 g/mol. The van der Waals surface area contributed by atoms with Crippen molar-refractivity contribution in [2.24, 2.45) is 5.73 Å². The van der Waals surface area contributed by atoms with Crippen molar-refractivity contribution in [3.63, 3.8) is 0 Å². The van der Waals surface area contributed by atoms with Crippen LogP contribution >= 0.6 is 31.9 Å². The molecule has 1 aromatic heterocycles. The fraction of sp³-hybridized carbons (Fsp3) is 0.0625. The van der Waals surface area contributed by atoms with Gasteiger partial charge in [0.2, 0.25) is 0 Å². The van der Waals surface area contributed by atoms with Crippen LogP contribution in [0.1, 0.15) is 17.3 Å². The maximum atomic E-state index is 6.44. The molecule has 2 aromatic carbocycles. The van der Waals surface area contributed by atoms with E-state index in [1.165, 1.54) is 0 Å². The molecule has 0 aliphatic carbocycles. The summed E-state index contributed by atoms with van der Waals surface area (Å²) in [5, 5.41) is 4.39. The Bertz CT molecular complexity index is 753. The summed E-state index contributed by atoms with van der Waals surface area (Å²) < 4.78 is 3.87. The molecule has 0 saturated heterocycles. The summed E-state index contributed by atoms with van der Waals surface area (Å²) in [6, 6.07) is 17.7. The van der Waals surface area contributed by atoms with Gasteiger partial charge in [-0.25, -0.2) is 4.68 Å². The Kier molecular flexibility index (Phi) is 4.24.